The van der Waals surface area contributed by atoms with Crippen LogP contribution in [0.3, 0.4) is 0 Å². The summed E-state index contributed by atoms with van der Waals surface area (Å²) in [5.41, 5.74) is 0. The molecule has 1 unspecified atom stereocenters. The predicted octanol–water partition coefficient (Wildman–Crippen LogP) is 2.49. The Labute approximate surface area is 187 Å². The first-order valence-corrected chi connectivity index (χ1v) is 10.5. The van der Waals surface area contributed by atoms with Crippen molar-refractivity contribution >= 4 is 35.8 Å². The molecule has 1 amide bonds. The van der Waals surface area contributed by atoms with Crippen molar-refractivity contribution < 1.29 is 14.3 Å². The lowest BCUT2D eigenvalue weighted by Gasteiger charge is -2.34. The van der Waals surface area contributed by atoms with Gasteiger partial charge < -0.3 is 24.6 Å². The van der Waals surface area contributed by atoms with Crippen molar-refractivity contribution in [3.8, 4) is 0 Å². The third-order valence-electron chi connectivity index (χ3n) is 5.58. The van der Waals surface area contributed by atoms with Crippen LogP contribution in [0, 0.1) is 0 Å². The zero-order valence-electron chi connectivity index (χ0n) is 17.8. The number of rotatable bonds is 10. The van der Waals surface area contributed by atoms with E-state index < -0.39 is 0 Å². The van der Waals surface area contributed by atoms with Crippen LogP contribution in [-0.2, 0) is 14.3 Å². The van der Waals surface area contributed by atoms with Gasteiger partial charge in [-0.3, -0.25) is 9.79 Å². The molecule has 2 aliphatic heterocycles. The third kappa shape index (κ3) is 8.02. The molecule has 2 heterocycles. The number of carbonyl (C=O) groups excluding carboxylic acids is 1. The summed E-state index contributed by atoms with van der Waals surface area (Å²) in [5.74, 6) is 1.29. The van der Waals surface area contributed by atoms with Gasteiger partial charge in [0.1, 0.15) is 0 Å². The molecule has 1 N–H and O–H groups in total. The van der Waals surface area contributed by atoms with Crippen molar-refractivity contribution in [1.29, 1.82) is 0 Å². The molecule has 2 aliphatic rings. The number of hydrogen-bond acceptors (Lipinski definition) is 4. The molecule has 0 aromatic carbocycles. The number of nitrogens with one attached hydrogen (secondary N) is 1. The van der Waals surface area contributed by atoms with E-state index in [0.29, 0.717) is 24.5 Å². The maximum Gasteiger partial charge on any atom is 0.222 e. The van der Waals surface area contributed by atoms with E-state index in [2.05, 4.69) is 27.0 Å². The fraction of sp³-hybridized carbons (Fsp3) is 0.900. The van der Waals surface area contributed by atoms with Gasteiger partial charge in [0.05, 0.1) is 6.10 Å². The molecule has 0 spiro atoms. The van der Waals surface area contributed by atoms with Crippen LogP contribution in [-0.4, -0.2) is 87.4 Å². The normalized spacial score (nSPS) is 19.7. The van der Waals surface area contributed by atoms with Gasteiger partial charge in [-0.2, -0.15) is 0 Å². The number of carbonyl (C=O) groups is 1. The fourth-order valence-electron chi connectivity index (χ4n) is 4.01. The zero-order valence-corrected chi connectivity index (χ0v) is 20.2. The highest BCUT2D eigenvalue weighted by Crippen LogP contribution is 2.18. The van der Waals surface area contributed by atoms with Crippen LogP contribution >= 0.6 is 24.0 Å². The van der Waals surface area contributed by atoms with E-state index in [1.807, 2.05) is 7.05 Å². The topological polar surface area (TPSA) is 66.4 Å². The smallest absolute Gasteiger partial charge is 0.222 e. The average Bonchev–Trinajstić information content (AvgIpc) is 3.12. The van der Waals surface area contributed by atoms with Gasteiger partial charge in [-0.05, 0) is 38.5 Å². The molecule has 7 nitrogen and oxygen atoms in total. The Balaban J connectivity index is 0.00000392. The molecule has 164 valence electrons. The van der Waals surface area contributed by atoms with E-state index in [1.54, 1.807) is 7.11 Å². The first-order valence-electron chi connectivity index (χ1n) is 10.5. The van der Waals surface area contributed by atoms with Crippen LogP contribution in [0.5, 0.6) is 0 Å². The molecule has 0 aliphatic carbocycles. The minimum absolute atomic E-state index is 0. The number of ether oxygens (including phenoxy) is 2. The Kier molecular flexibility index (Phi) is 13.1. The largest absolute Gasteiger partial charge is 0.385 e. The quantitative estimate of drug-likeness (QED) is 0.212. The minimum atomic E-state index is 0. The van der Waals surface area contributed by atoms with Crippen LogP contribution in [0.4, 0.5) is 0 Å². The third-order valence-corrected chi connectivity index (χ3v) is 5.58. The molecule has 28 heavy (non-hydrogen) atoms. The van der Waals surface area contributed by atoms with Crippen molar-refractivity contribution in [2.75, 3.05) is 53.6 Å². The number of methoxy groups -OCH3 is 1. The lowest BCUT2D eigenvalue weighted by atomic mass is 10.1. The molecule has 0 radical (unpaired) electrons. The number of aliphatic imine (C=N–C) groups is 1. The van der Waals surface area contributed by atoms with Gasteiger partial charge >= 0.3 is 0 Å². The van der Waals surface area contributed by atoms with E-state index in [4.69, 9.17) is 9.47 Å². The molecular formula is C20H39IN4O3. The molecule has 2 fully saturated rings. The number of halogens is 1. The molecule has 8 heteroatoms. The van der Waals surface area contributed by atoms with E-state index >= 15 is 0 Å². The van der Waals surface area contributed by atoms with Crippen molar-refractivity contribution in [2.24, 2.45) is 4.99 Å². The Morgan fingerprint density at radius 3 is 2.61 bits per heavy atom. The molecule has 0 aromatic rings. The van der Waals surface area contributed by atoms with E-state index in [9.17, 15) is 4.79 Å². The summed E-state index contributed by atoms with van der Waals surface area (Å²) < 4.78 is 11.0. The lowest BCUT2D eigenvalue weighted by molar-refractivity contribution is -0.129. The monoisotopic (exact) mass is 510 g/mol. The van der Waals surface area contributed by atoms with Gasteiger partial charge in [-0.25, -0.2) is 0 Å². The van der Waals surface area contributed by atoms with E-state index in [1.165, 1.54) is 0 Å². The summed E-state index contributed by atoms with van der Waals surface area (Å²) in [6, 6.07) is 0.344. The summed E-state index contributed by atoms with van der Waals surface area (Å²) in [6.07, 6.45) is 7.08. The van der Waals surface area contributed by atoms with Crippen LogP contribution in [0.25, 0.3) is 0 Å². The van der Waals surface area contributed by atoms with Gasteiger partial charge in [-0.15, -0.1) is 24.0 Å². The van der Waals surface area contributed by atoms with Crippen LogP contribution in [0.1, 0.15) is 51.9 Å². The summed E-state index contributed by atoms with van der Waals surface area (Å²) in [6.45, 7) is 7.41. The van der Waals surface area contributed by atoms with Crippen LogP contribution in [0.2, 0.25) is 0 Å². The SMILES string of the molecule is CCC(CCNC(=NC)N1CCC(OCCCOC)CC1)N1CCCC1=O.I. The molecule has 0 bridgehead atoms. The van der Waals surface area contributed by atoms with Gasteiger partial charge in [0.25, 0.3) is 0 Å². The van der Waals surface area contributed by atoms with E-state index in [-0.39, 0.29) is 24.0 Å². The number of piperidine rings is 1. The Hall–Kier alpha value is -0.610. The minimum Gasteiger partial charge on any atom is -0.385 e. The average molecular weight is 510 g/mol. The summed E-state index contributed by atoms with van der Waals surface area (Å²) in [4.78, 5) is 20.8. The van der Waals surface area contributed by atoms with E-state index in [0.717, 1.165) is 83.9 Å². The molecular weight excluding hydrogens is 471 g/mol. The first-order chi connectivity index (χ1) is 13.2. The number of amides is 1. The van der Waals surface area contributed by atoms with Gasteiger partial charge in [0, 0.05) is 66.0 Å². The molecule has 2 saturated heterocycles. The molecule has 0 aromatic heterocycles. The number of nitrogens with zero attached hydrogens (tertiary/aromatic N) is 3. The lowest BCUT2D eigenvalue weighted by Crippen LogP contribution is -2.48. The molecule has 2 rings (SSSR count). The number of likely N-dealkylation sites (tertiary alicyclic amines) is 2. The summed E-state index contributed by atoms with van der Waals surface area (Å²) in [5, 5.41) is 3.50. The second kappa shape index (κ2) is 14.4. The summed E-state index contributed by atoms with van der Waals surface area (Å²) in [7, 11) is 3.57. The highest BCUT2D eigenvalue weighted by Gasteiger charge is 2.27. The standard InChI is InChI=1S/C20H38N4O3.HI/c1-4-17(24-12-5-7-19(24)25)8-11-22-20(21-2)23-13-9-18(10-14-23)27-16-6-15-26-3;/h17-18H,4-16H2,1-3H3,(H,21,22);1H. The van der Waals surface area contributed by atoms with Crippen molar-refractivity contribution in [3.05, 3.63) is 0 Å². The van der Waals surface area contributed by atoms with Gasteiger partial charge in [0.15, 0.2) is 5.96 Å². The maximum atomic E-state index is 12.0. The van der Waals surface area contributed by atoms with Crippen LogP contribution < -0.4 is 5.32 Å². The summed E-state index contributed by atoms with van der Waals surface area (Å²) >= 11 is 0. The van der Waals surface area contributed by atoms with Crippen molar-refractivity contribution in [3.63, 3.8) is 0 Å². The number of hydrogen-bond donors (Lipinski definition) is 1. The maximum absolute atomic E-state index is 12.0. The number of guanidine groups is 1. The zero-order chi connectivity index (χ0) is 19.5. The first kappa shape index (κ1) is 25.4. The highest BCUT2D eigenvalue weighted by molar-refractivity contribution is 14.0. The van der Waals surface area contributed by atoms with Gasteiger partial charge in [-0.1, -0.05) is 6.92 Å². The van der Waals surface area contributed by atoms with Crippen LogP contribution in [0.15, 0.2) is 4.99 Å². The Morgan fingerprint density at radius 2 is 2.04 bits per heavy atom. The van der Waals surface area contributed by atoms with Gasteiger partial charge in [0.2, 0.25) is 5.91 Å². The predicted molar refractivity (Wildman–Crippen MR) is 123 cm³/mol. The van der Waals surface area contributed by atoms with Crippen molar-refractivity contribution in [1.82, 2.24) is 15.1 Å². The Bertz CT molecular complexity index is 470. The highest BCUT2D eigenvalue weighted by atomic mass is 127. The fourth-order valence-corrected chi connectivity index (χ4v) is 4.01. The molecule has 1 atom stereocenters. The Morgan fingerprint density at radius 1 is 1.29 bits per heavy atom. The second-order valence-electron chi connectivity index (χ2n) is 7.42. The second-order valence-corrected chi connectivity index (χ2v) is 7.42. The molecule has 0 saturated carbocycles. The van der Waals surface area contributed by atoms with Crippen molar-refractivity contribution in [2.45, 2.75) is 64.0 Å².